The highest BCUT2D eigenvalue weighted by Gasteiger charge is 2.09. The molecule has 3 N–H and O–H groups in total. The Balaban J connectivity index is 1.42. The molecule has 5 aromatic rings. The molecule has 2 aromatic carbocycles. The lowest BCUT2D eigenvalue weighted by Gasteiger charge is -2.19. The van der Waals surface area contributed by atoms with Gasteiger partial charge in [-0.25, -0.2) is 9.97 Å². The fourth-order valence-electron chi connectivity index (χ4n) is 3.87. The lowest BCUT2D eigenvalue weighted by atomic mass is 10.1. The highest BCUT2D eigenvalue weighted by molar-refractivity contribution is 6.35. The minimum absolute atomic E-state index is 0.670. The summed E-state index contributed by atoms with van der Waals surface area (Å²) in [5, 5.41) is 5.02. The van der Waals surface area contributed by atoms with Gasteiger partial charge in [0.1, 0.15) is 5.82 Å². The molecule has 0 fully saturated rings. The molecule has 0 saturated heterocycles. The van der Waals surface area contributed by atoms with Gasteiger partial charge in [-0.15, -0.1) is 0 Å². The first kappa shape index (κ1) is 19.5. The van der Waals surface area contributed by atoms with E-state index in [0.29, 0.717) is 11.0 Å². The van der Waals surface area contributed by atoms with Crippen molar-refractivity contribution >= 4 is 51.0 Å². The van der Waals surface area contributed by atoms with Gasteiger partial charge in [-0.05, 0) is 61.9 Å². The first-order valence-electron chi connectivity index (χ1n) is 10.4. The van der Waals surface area contributed by atoms with Crippen molar-refractivity contribution in [2.45, 2.75) is 13.8 Å². The van der Waals surface area contributed by atoms with Crippen LogP contribution in [-0.2, 0) is 0 Å². The summed E-state index contributed by atoms with van der Waals surface area (Å²) in [6.45, 7) is 6.17. The van der Waals surface area contributed by atoms with Gasteiger partial charge < -0.3 is 20.2 Å². The molecule has 0 aliphatic carbocycles. The summed E-state index contributed by atoms with van der Waals surface area (Å²) < 4.78 is 0. The fourth-order valence-corrected chi connectivity index (χ4v) is 4.15. The van der Waals surface area contributed by atoms with Crippen LogP contribution in [-0.4, -0.2) is 33.0 Å². The zero-order valence-electron chi connectivity index (χ0n) is 17.4. The molecule has 0 amide bonds. The third-order valence-corrected chi connectivity index (χ3v) is 5.84. The predicted octanol–water partition coefficient (Wildman–Crippen LogP) is 6.35. The topological polar surface area (TPSA) is 72.6 Å². The maximum Gasteiger partial charge on any atom is 0.205 e. The van der Waals surface area contributed by atoms with Crippen molar-refractivity contribution < 1.29 is 0 Å². The molecule has 0 spiro atoms. The van der Waals surface area contributed by atoms with Crippen molar-refractivity contribution in [2.75, 3.05) is 23.3 Å². The molecule has 5 rings (SSSR count). The van der Waals surface area contributed by atoms with Gasteiger partial charge in [-0.3, -0.25) is 0 Å². The van der Waals surface area contributed by atoms with E-state index >= 15 is 0 Å². The number of aromatic amines is 2. The van der Waals surface area contributed by atoms with Gasteiger partial charge >= 0.3 is 0 Å². The van der Waals surface area contributed by atoms with E-state index in [1.807, 2.05) is 36.7 Å². The molecule has 156 valence electrons. The van der Waals surface area contributed by atoms with Crippen molar-refractivity contribution in [3.05, 3.63) is 65.9 Å². The quantitative estimate of drug-likeness (QED) is 0.293. The van der Waals surface area contributed by atoms with E-state index < -0.39 is 0 Å². The molecule has 0 atom stereocenters. The van der Waals surface area contributed by atoms with Crippen LogP contribution in [0.1, 0.15) is 13.8 Å². The fraction of sp³-hybridized carbons (Fsp3) is 0.167. The average molecular weight is 431 g/mol. The highest BCUT2D eigenvalue weighted by atomic mass is 35.5. The van der Waals surface area contributed by atoms with E-state index in [2.05, 4.69) is 68.3 Å². The molecular weight excluding hydrogens is 408 g/mol. The predicted molar refractivity (Wildman–Crippen MR) is 129 cm³/mol. The molecule has 0 bridgehead atoms. The van der Waals surface area contributed by atoms with Crippen molar-refractivity contribution in [2.24, 2.45) is 0 Å². The van der Waals surface area contributed by atoms with Crippen molar-refractivity contribution in [1.82, 2.24) is 19.9 Å². The Kier molecular flexibility index (Phi) is 5.00. The van der Waals surface area contributed by atoms with E-state index in [1.165, 1.54) is 0 Å². The average Bonchev–Trinajstić information content (AvgIpc) is 3.41. The summed E-state index contributed by atoms with van der Waals surface area (Å²) >= 11 is 6.39. The van der Waals surface area contributed by atoms with Crippen LogP contribution in [0.4, 0.5) is 17.5 Å². The van der Waals surface area contributed by atoms with Crippen LogP contribution in [0.2, 0.25) is 5.02 Å². The van der Waals surface area contributed by atoms with E-state index in [9.17, 15) is 0 Å². The van der Waals surface area contributed by atoms with Crippen LogP contribution in [0.5, 0.6) is 0 Å². The van der Waals surface area contributed by atoms with Gasteiger partial charge in [0.05, 0.1) is 16.1 Å². The number of benzene rings is 2. The van der Waals surface area contributed by atoms with Crippen LogP contribution in [0.25, 0.3) is 33.1 Å². The van der Waals surface area contributed by atoms with Gasteiger partial charge in [0.25, 0.3) is 0 Å². The zero-order valence-corrected chi connectivity index (χ0v) is 18.2. The maximum absolute atomic E-state index is 6.39. The number of rotatable bonds is 6. The van der Waals surface area contributed by atoms with Crippen molar-refractivity contribution in [3.8, 4) is 11.1 Å². The lowest BCUT2D eigenvalue weighted by molar-refractivity contribution is 0.846. The highest BCUT2D eigenvalue weighted by Crippen LogP contribution is 2.30. The Hall–Kier alpha value is -3.51. The third-order valence-electron chi connectivity index (χ3n) is 5.53. The maximum atomic E-state index is 6.39. The monoisotopic (exact) mass is 430 g/mol. The van der Waals surface area contributed by atoms with Crippen LogP contribution in [0, 0.1) is 0 Å². The van der Waals surface area contributed by atoms with Crippen molar-refractivity contribution in [1.29, 1.82) is 0 Å². The molecule has 0 radical (unpaired) electrons. The number of H-pyrrole nitrogens is 2. The second-order valence-corrected chi connectivity index (χ2v) is 7.82. The van der Waals surface area contributed by atoms with Gasteiger partial charge in [0, 0.05) is 47.6 Å². The Morgan fingerprint density at radius 1 is 0.968 bits per heavy atom. The van der Waals surface area contributed by atoms with Crippen LogP contribution >= 0.6 is 11.6 Å². The second-order valence-electron chi connectivity index (χ2n) is 7.42. The summed E-state index contributed by atoms with van der Waals surface area (Å²) in [6, 6.07) is 16.3. The third kappa shape index (κ3) is 3.70. The van der Waals surface area contributed by atoms with E-state index in [0.717, 1.165) is 57.7 Å². The minimum atomic E-state index is 0.670. The van der Waals surface area contributed by atoms with Gasteiger partial charge in [0.15, 0.2) is 0 Å². The SMILES string of the molecule is CCN(CC)c1ccc(-c2ccc3nc(Nc4cc(Cl)c5cc[nH]c5c4)[nH]c3c2)cn1. The number of nitrogens with one attached hydrogen (secondary N) is 3. The Bertz CT molecular complexity index is 1350. The lowest BCUT2D eigenvalue weighted by Crippen LogP contribution is -2.22. The Morgan fingerprint density at radius 3 is 2.58 bits per heavy atom. The standard InChI is InChI=1S/C24H23ClN6/c1-3-31(4-2)23-8-6-16(14-27-23)15-5-7-20-22(11-15)30-24(29-20)28-17-12-19(25)18-9-10-26-21(18)13-17/h5-14,26H,3-4H2,1-2H3,(H2,28,29,30). The van der Waals surface area contributed by atoms with Gasteiger partial charge in [-0.2, -0.15) is 0 Å². The minimum Gasteiger partial charge on any atom is -0.361 e. The Morgan fingerprint density at radius 2 is 1.81 bits per heavy atom. The summed E-state index contributed by atoms with van der Waals surface area (Å²) in [4.78, 5) is 18.1. The van der Waals surface area contributed by atoms with E-state index in [-0.39, 0.29) is 0 Å². The number of fused-ring (bicyclic) bond motifs is 2. The van der Waals surface area contributed by atoms with E-state index in [1.54, 1.807) is 0 Å². The number of anilines is 3. The number of halogens is 1. The molecule has 0 saturated carbocycles. The number of pyridine rings is 1. The summed E-state index contributed by atoms with van der Waals surface area (Å²) in [7, 11) is 0. The summed E-state index contributed by atoms with van der Waals surface area (Å²) in [6.07, 6.45) is 3.81. The van der Waals surface area contributed by atoms with Gasteiger partial charge in [-0.1, -0.05) is 17.7 Å². The molecule has 0 aliphatic rings. The molecule has 0 aliphatic heterocycles. The molecular formula is C24H23ClN6. The number of imidazole rings is 1. The largest absolute Gasteiger partial charge is 0.361 e. The van der Waals surface area contributed by atoms with Crippen molar-refractivity contribution in [3.63, 3.8) is 0 Å². The first-order chi connectivity index (χ1) is 15.1. The molecule has 0 unspecified atom stereocenters. The van der Waals surface area contributed by atoms with Crippen LogP contribution in [0.15, 0.2) is 60.9 Å². The molecule has 6 nitrogen and oxygen atoms in total. The van der Waals surface area contributed by atoms with E-state index in [4.69, 9.17) is 11.6 Å². The molecule has 3 heterocycles. The Labute approximate surface area is 185 Å². The summed E-state index contributed by atoms with van der Waals surface area (Å²) in [5.41, 5.74) is 5.87. The zero-order chi connectivity index (χ0) is 21.4. The first-order valence-corrected chi connectivity index (χ1v) is 10.8. The van der Waals surface area contributed by atoms with Crippen LogP contribution < -0.4 is 10.2 Å². The molecule has 31 heavy (non-hydrogen) atoms. The summed E-state index contributed by atoms with van der Waals surface area (Å²) in [5.74, 6) is 1.67. The smallest absolute Gasteiger partial charge is 0.205 e. The number of nitrogens with zero attached hydrogens (tertiary/aromatic N) is 3. The number of hydrogen-bond donors (Lipinski definition) is 3. The molecule has 3 aromatic heterocycles. The number of aromatic nitrogens is 4. The normalized spacial score (nSPS) is 11.3. The number of hydrogen-bond acceptors (Lipinski definition) is 4. The molecule has 7 heteroatoms. The second kappa shape index (κ2) is 7.96. The van der Waals surface area contributed by atoms with Gasteiger partial charge in [0.2, 0.25) is 5.95 Å². The van der Waals surface area contributed by atoms with Crippen LogP contribution in [0.3, 0.4) is 0 Å².